The highest BCUT2D eigenvalue weighted by atomic mass is 32.2. The van der Waals surface area contributed by atoms with Crippen LogP contribution in [0.2, 0.25) is 0 Å². The summed E-state index contributed by atoms with van der Waals surface area (Å²) < 4.78 is 54.0. The van der Waals surface area contributed by atoms with E-state index in [1.165, 1.54) is 11.8 Å². The van der Waals surface area contributed by atoms with E-state index in [9.17, 15) is 27.0 Å². The first-order valence-corrected chi connectivity index (χ1v) is 20.0. The molecule has 2 aliphatic carbocycles. The van der Waals surface area contributed by atoms with Gasteiger partial charge in [-0.2, -0.15) is 4.31 Å². The molecule has 2 unspecified atom stereocenters. The summed E-state index contributed by atoms with van der Waals surface area (Å²) in [5.41, 5.74) is 1.60. The SMILES string of the molecule is Cc1ccccc1N1CCN(S(=O)(=O)CC23CCC(C[C@@H]2N(CCCCS(C)(=O)=O)N(C[C@H](C)O)C[C@H](C)O)C3(C)C)CC1. The second-order valence-corrected chi connectivity index (χ2v) is 18.6. The summed E-state index contributed by atoms with van der Waals surface area (Å²) in [6.45, 7) is 13.3. The van der Waals surface area contributed by atoms with Gasteiger partial charge in [-0.25, -0.2) is 26.9 Å². The van der Waals surface area contributed by atoms with Crippen LogP contribution in [0.15, 0.2) is 24.3 Å². The Morgan fingerprint density at radius 3 is 2.14 bits per heavy atom. The molecule has 10 nitrogen and oxygen atoms in total. The quantitative estimate of drug-likeness (QED) is 0.217. The van der Waals surface area contributed by atoms with E-state index < -0.39 is 37.5 Å². The lowest BCUT2D eigenvalue weighted by Gasteiger charge is -2.51. The van der Waals surface area contributed by atoms with Gasteiger partial charge in [-0.3, -0.25) is 0 Å². The highest BCUT2D eigenvalue weighted by molar-refractivity contribution is 7.90. The molecule has 2 N–H and O–H groups in total. The molecule has 0 aromatic heterocycles. The van der Waals surface area contributed by atoms with Crippen LogP contribution in [0.3, 0.4) is 0 Å². The Hall–Kier alpha value is -1.28. The summed E-state index contributed by atoms with van der Waals surface area (Å²) in [5, 5.41) is 25.1. The molecule has 44 heavy (non-hydrogen) atoms. The lowest BCUT2D eigenvalue weighted by atomic mass is 9.68. The molecule has 4 rings (SSSR count). The van der Waals surface area contributed by atoms with Gasteiger partial charge in [0.05, 0.1) is 18.0 Å². The number of para-hydroxylation sites is 1. The largest absolute Gasteiger partial charge is 0.392 e. The minimum absolute atomic E-state index is 0.0650. The van der Waals surface area contributed by atoms with Crippen molar-refractivity contribution in [2.75, 3.05) is 68.5 Å². The summed E-state index contributed by atoms with van der Waals surface area (Å²) in [7, 11) is -6.70. The molecule has 1 aromatic rings. The smallest absolute Gasteiger partial charge is 0.214 e. The molecular weight excluding hydrogens is 601 g/mol. The van der Waals surface area contributed by atoms with Crippen LogP contribution in [0, 0.1) is 23.7 Å². The van der Waals surface area contributed by atoms with Crippen molar-refractivity contribution in [1.82, 2.24) is 14.3 Å². The van der Waals surface area contributed by atoms with Gasteiger partial charge in [-0.15, -0.1) is 0 Å². The molecule has 0 amide bonds. The molecule has 0 spiro atoms. The third-order valence-corrected chi connectivity index (χ3v) is 13.8. The lowest BCUT2D eigenvalue weighted by molar-refractivity contribution is -0.129. The zero-order valence-electron chi connectivity index (χ0n) is 27.7. The molecule has 0 radical (unpaired) electrons. The highest BCUT2D eigenvalue weighted by Crippen LogP contribution is 2.67. The Labute approximate surface area is 266 Å². The molecule has 252 valence electrons. The molecule has 1 aromatic carbocycles. The van der Waals surface area contributed by atoms with Crippen LogP contribution in [0.1, 0.15) is 65.4 Å². The Kier molecular flexibility index (Phi) is 11.2. The molecule has 2 bridgehead atoms. The van der Waals surface area contributed by atoms with Crippen LogP contribution in [-0.4, -0.2) is 123 Å². The van der Waals surface area contributed by atoms with E-state index in [2.05, 4.69) is 42.8 Å². The topological polar surface area (TPSA) is 122 Å². The fourth-order valence-electron chi connectivity index (χ4n) is 8.36. The molecule has 3 fully saturated rings. The summed E-state index contributed by atoms with van der Waals surface area (Å²) >= 11 is 0. The minimum Gasteiger partial charge on any atom is -0.392 e. The van der Waals surface area contributed by atoms with Gasteiger partial charge in [0, 0.05) is 75.0 Å². The number of hydrogen-bond donors (Lipinski definition) is 2. The average molecular weight is 657 g/mol. The van der Waals surface area contributed by atoms with E-state index in [-0.39, 0.29) is 23.0 Å². The molecule has 5 atom stereocenters. The number of aliphatic hydroxyl groups is 2. The van der Waals surface area contributed by atoms with Crippen LogP contribution < -0.4 is 4.90 Å². The van der Waals surface area contributed by atoms with Crippen LogP contribution in [-0.2, 0) is 19.9 Å². The summed E-state index contributed by atoms with van der Waals surface area (Å²) in [6.07, 6.45) is 3.69. The molecule has 2 saturated carbocycles. The number of unbranched alkanes of at least 4 members (excludes halogenated alkanes) is 1. The van der Waals surface area contributed by atoms with E-state index >= 15 is 0 Å². The van der Waals surface area contributed by atoms with Crippen molar-refractivity contribution < 1.29 is 27.0 Å². The maximum atomic E-state index is 14.3. The molecule has 1 heterocycles. The normalized spacial score (nSPS) is 27.4. The van der Waals surface area contributed by atoms with E-state index in [0.717, 1.165) is 24.9 Å². The number of hydrazine groups is 1. The van der Waals surface area contributed by atoms with E-state index in [0.29, 0.717) is 64.6 Å². The van der Waals surface area contributed by atoms with Gasteiger partial charge in [0.1, 0.15) is 9.84 Å². The van der Waals surface area contributed by atoms with Gasteiger partial charge in [0.25, 0.3) is 0 Å². The Morgan fingerprint density at radius 1 is 0.977 bits per heavy atom. The minimum atomic E-state index is -3.60. The van der Waals surface area contributed by atoms with Gasteiger partial charge in [-0.1, -0.05) is 32.0 Å². The first-order chi connectivity index (χ1) is 20.5. The van der Waals surface area contributed by atoms with Crippen molar-refractivity contribution in [3.05, 3.63) is 29.8 Å². The Bertz CT molecular complexity index is 1320. The third kappa shape index (κ3) is 7.81. The summed E-state index contributed by atoms with van der Waals surface area (Å²) in [4.78, 5) is 2.27. The van der Waals surface area contributed by atoms with Crippen LogP contribution >= 0.6 is 0 Å². The molecule has 3 aliphatic rings. The molecular formula is C32H56N4O6S2. The fourth-order valence-corrected chi connectivity index (χ4v) is 11.3. The average Bonchev–Trinajstić information content (AvgIpc) is 3.27. The van der Waals surface area contributed by atoms with Crippen molar-refractivity contribution in [1.29, 1.82) is 0 Å². The maximum absolute atomic E-state index is 14.3. The number of piperazine rings is 1. The van der Waals surface area contributed by atoms with Crippen molar-refractivity contribution >= 4 is 25.5 Å². The van der Waals surface area contributed by atoms with Crippen LogP contribution in [0.4, 0.5) is 5.69 Å². The number of sulfonamides is 1. The van der Waals surface area contributed by atoms with Crippen molar-refractivity contribution in [2.24, 2.45) is 16.7 Å². The predicted octanol–water partition coefficient (Wildman–Crippen LogP) is 2.75. The van der Waals surface area contributed by atoms with Gasteiger partial charge >= 0.3 is 0 Å². The van der Waals surface area contributed by atoms with Crippen LogP contribution in [0.25, 0.3) is 0 Å². The van der Waals surface area contributed by atoms with Gasteiger partial charge in [0.2, 0.25) is 10.0 Å². The number of nitrogens with zero attached hydrogens (tertiary/aromatic N) is 4. The van der Waals surface area contributed by atoms with Gasteiger partial charge < -0.3 is 15.1 Å². The number of fused-ring (bicyclic) bond motifs is 2. The number of hydrogen-bond acceptors (Lipinski definition) is 9. The second kappa shape index (κ2) is 13.8. The first kappa shape index (κ1) is 35.6. The monoisotopic (exact) mass is 656 g/mol. The number of aryl methyl sites for hydroxylation is 1. The summed E-state index contributed by atoms with van der Waals surface area (Å²) in [5.74, 6) is 0.523. The van der Waals surface area contributed by atoms with E-state index in [4.69, 9.17) is 0 Å². The zero-order valence-corrected chi connectivity index (χ0v) is 29.3. The lowest BCUT2D eigenvalue weighted by Crippen LogP contribution is -2.61. The van der Waals surface area contributed by atoms with Crippen LogP contribution in [0.5, 0.6) is 0 Å². The second-order valence-electron chi connectivity index (χ2n) is 14.4. The standard InChI is InChI=1S/C32H56N4O6S2/c1-25-11-7-8-12-29(25)33-16-18-35(19-17-33)44(41,42)24-32-14-13-28(31(32,4)5)21-30(32)36(15-9-10-20-43(6,39)40)34(22-26(2)37)23-27(3)38/h7-8,11-12,26-28,30,37-38H,9-10,13-24H2,1-6H3/t26-,27-,28?,30-,32?/m0/s1. The van der Waals surface area contributed by atoms with Crippen molar-refractivity contribution in [2.45, 2.75) is 85.0 Å². The van der Waals surface area contributed by atoms with Crippen molar-refractivity contribution in [3.8, 4) is 0 Å². The third-order valence-electron chi connectivity index (χ3n) is 10.7. The number of sulfone groups is 1. The Morgan fingerprint density at radius 2 is 1.59 bits per heavy atom. The fraction of sp³-hybridized carbons (Fsp3) is 0.812. The Balaban J connectivity index is 1.60. The maximum Gasteiger partial charge on any atom is 0.214 e. The van der Waals surface area contributed by atoms with E-state index in [1.54, 1.807) is 18.2 Å². The number of aliphatic hydroxyl groups excluding tert-OH is 2. The molecule has 12 heteroatoms. The van der Waals surface area contributed by atoms with Gasteiger partial charge in [-0.05, 0) is 75.8 Å². The van der Waals surface area contributed by atoms with E-state index in [1.807, 2.05) is 17.1 Å². The summed E-state index contributed by atoms with van der Waals surface area (Å²) in [6, 6.07) is 8.12. The number of benzene rings is 1. The first-order valence-electron chi connectivity index (χ1n) is 16.3. The predicted molar refractivity (Wildman–Crippen MR) is 177 cm³/mol. The molecule has 1 saturated heterocycles. The number of anilines is 1. The van der Waals surface area contributed by atoms with Gasteiger partial charge in [0.15, 0.2) is 0 Å². The van der Waals surface area contributed by atoms with Crippen molar-refractivity contribution in [3.63, 3.8) is 0 Å². The number of rotatable bonds is 15. The zero-order chi connectivity index (χ0) is 32.5. The molecule has 1 aliphatic heterocycles. The highest BCUT2D eigenvalue weighted by Gasteiger charge is 2.67.